The van der Waals surface area contributed by atoms with Crippen molar-refractivity contribution < 1.29 is 24.6 Å². The molecule has 0 bridgehead atoms. The van der Waals surface area contributed by atoms with Crippen LogP contribution in [0.5, 0.6) is 0 Å². The first-order valence-electron chi connectivity index (χ1n) is 12.8. The van der Waals surface area contributed by atoms with E-state index in [1.807, 2.05) is 6.26 Å². The van der Waals surface area contributed by atoms with Crippen LogP contribution < -0.4 is 5.32 Å². The van der Waals surface area contributed by atoms with Crippen LogP contribution in [-0.4, -0.2) is 58.6 Å². The molecule has 0 aromatic carbocycles. The van der Waals surface area contributed by atoms with Gasteiger partial charge in [-0.25, -0.2) is 4.79 Å². The number of carboxylic acid groups (broad SMARTS) is 1. The smallest absolute Gasteiger partial charge is 0.326 e. The Kier molecular flexibility index (Phi) is 7.67. The molecule has 34 heavy (non-hydrogen) atoms. The largest absolute Gasteiger partial charge is 0.480 e. The Balaban J connectivity index is 1.36. The Labute approximate surface area is 207 Å². The molecule has 190 valence electrons. The van der Waals surface area contributed by atoms with Crippen LogP contribution in [0, 0.1) is 28.6 Å². The van der Waals surface area contributed by atoms with Gasteiger partial charge in [-0.3, -0.25) is 4.79 Å². The molecule has 4 aliphatic carbocycles. The number of aliphatic carboxylic acids is 1. The molecule has 3 fully saturated rings. The number of aliphatic hydroxyl groups excluding tert-OH is 1. The van der Waals surface area contributed by atoms with Crippen LogP contribution in [0.15, 0.2) is 16.8 Å². The van der Waals surface area contributed by atoms with Crippen molar-refractivity contribution in [2.24, 2.45) is 33.7 Å². The first-order chi connectivity index (χ1) is 16.2. The Morgan fingerprint density at radius 3 is 2.74 bits per heavy atom. The molecule has 0 unspecified atom stereocenters. The normalized spacial score (nSPS) is 38.8. The number of amides is 1. The zero-order valence-corrected chi connectivity index (χ0v) is 21.5. The highest BCUT2D eigenvalue weighted by atomic mass is 32.2. The number of fused-ring (bicyclic) bond motifs is 5. The third-order valence-electron chi connectivity index (χ3n) is 9.55. The molecule has 3 saturated carbocycles. The van der Waals surface area contributed by atoms with Gasteiger partial charge in [0.05, 0.1) is 11.8 Å². The zero-order chi connectivity index (χ0) is 24.5. The number of allylic oxidation sites excluding steroid dienone is 2. The topological polar surface area (TPSA) is 108 Å². The highest BCUT2D eigenvalue weighted by molar-refractivity contribution is 7.98. The average Bonchev–Trinajstić information content (AvgIpc) is 3.11. The summed E-state index contributed by atoms with van der Waals surface area (Å²) in [6.07, 6.45) is 12.9. The number of hydrogen-bond acceptors (Lipinski definition) is 6. The highest BCUT2D eigenvalue weighted by Gasteiger charge is 2.58. The lowest BCUT2D eigenvalue weighted by molar-refractivity contribution is -0.142. The summed E-state index contributed by atoms with van der Waals surface area (Å²) in [7, 11) is 0. The van der Waals surface area contributed by atoms with Crippen LogP contribution in [0.2, 0.25) is 0 Å². The van der Waals surface area contributed by atoms with Crippen molar-refractivity contribution in [3.05, 3.63) is 11.6 Å². The second-order valence-electron chi connectivity index (χ2n) is 11.2. The minimum Gasteiger partial charge on any atom is -0.480 e. The van der Waals surface area contributed by atoms with E-state index in [2.05, 4.69) is 30.4 Å². The molecule has 7 atom stereocenters. The van der Waals surface area contributed by atoms with Crippen LogP contribution in [0.4, 0.5) is 0 Å². The summed E-state index contributed by atoms with van der Waals surface area (Å²) in [5.74, 6) is 1.17. The molecule has 0 heterocycles. The fraction of sp³-hybridized carbons (Fsp3) is 0.808. The molecular weight excluding hydrogens is 452 g/mol. The Morgan fingerprint density at radius 1 is 1.21 bits per heavy atom. The summed E-state index contributed by atoms with van der Waals surface area (Å²) in [6.45, 7) is 4.47. The number of thioether (sulfide) groups is 1. The third kappa shape index (κ3) is 4.77. The van der Waals surface area contributed by atoms with Crippen molar-refractivity contribution in [2.45, 2.75) is 83.8 Å². The van der Waals surface area contributed by atoms with Crippen LogP contribution >= 0.6 is 11.8 Å². The quantitative estimate of drug-likeness (QED) is 0.442. The van der Waals surface area contributed by atoms with Gasteiger partial charge >= 0.3 is 5.97 Å². The summed E-state index contributed by atoms with van der Waals surface area (Å²) in [6, 6.07) is -0.901. The molecule has 8 heteroatoms. The van der Waals surface area contributed by atoms with E-state index in [1.54, 1.807) is 11.8 Å². The Morgan fingerprint density at radius 2 is 2.00 bits per heavy atom. The van der Waals surface area contributed by atoms with E-state index < -0.39 is 17.9 Å². The van der Waals surface area contributed by atoms with Crippen molar-refractivity contribution in [3.8, 4) is 0 Å². The van der Waals surface area contributed by atoms with Gasteiger partial charge in [-0.05, 0) is 104 Å². The number of aliphatic hydroxyl groups is 1. The number of oxime groups is 1. The molecule has 0 aliphatic heterocycles. The van der Waals surface area contributed by atoms with Crippen molar-refractivity contribution in [3.63, 3.8) is 0 Å². The maximum absolute atomic E-state index is 12.1. The zero-order valence-electron chi connectivity index (χ0n) is 20.7. The van der Waals surface area contributed by atoms with Gasteiger partial charge in [-0.2, -0.15) is 11.8 Å². The lowest BCUT2D eigenvalue weighted by Crippen LogP contribution is -2.51. The Hall–Kier alpha value is -1.54. The maximum atomic E-state index is 12.1. The fourth-order valence-corrected chi connectivity index (χ4v) is 7.99. The summed E-state index contributed by atoms with van der Waals surface area (Å²) >= 11 is 1.55. The maximum Gasteiger partial charge on any atom is 0.326 e. The van der Waals surface area contributed by atoms with Gasteiger partial charge in [0.1, 0.15) is 6.04 Å². The van der Waals surface area contributed by atoms with Gasteiger partial charge in [0, 0.05) is 0 Å². The third-order valence-corrected chi connectivity index (χ3v) is 10.2. The number of carbonyl (C=O) groups excluding carboxylic acids is 1. The van der Waals surface area contributed by atoms with Crippen molar-refractivity contribution >= 4 is 29.4 Å². The second kappa shape index (κ2) is 10.2. The lowest BCUT2D eigenvalue weighted by atomic mass is 9.47. The predicted octanol–water partition coefficient (Wildman–Crippen LogP) is 4.01. The van der Waals surface area contributed by atoms with E-state index in [1.165, 1.54) is 18.4 Å². The molecule has 1 amide bonds. The number of rotatable bonds is 8. The van der Waals surface area contributed by atoms with Crippen LogP contribution in [-0.2, 0) is 14.4 Å². The molecule has 7 nitrogen and oxygen atoms in total. The molecule has 0 saturated heterocycles. The minimum atomic E-state index is -1.03. The summed E-state index contributed by atoms with van der Waals surface area (Å²) in [5, 5.41) is 26.6. The van der Waals surface area contributed by atoms with Gasteiger partial charge in [-0.1, -0.05) is 24.6 Å². The van der Waals surface area contributed by atoms with Crippen LogP contribution in [0.3, 0.4) is 0 Å². The van der Waals surface area contributed by atoms with E-state index >= 15 is 0 Å². The van der Waals surface area contributed by atoms with Crippen molar-refractivity contribution in [2.75, 3.05) is 18.6 Å². The number of carboxylic acids is 1. The number of nitrogens with zero attached hydrogens (tertiary/aromatic N) is 1. The number of hydrogen-bond donors (Lipinski definition) is 3. The molecular formula is C26H40N2O5S. The monoisotopic (exact) mass is 492 g/mol. The van der Waals surface area contributed by atoms with Crippen molar-refractivity contribution in [1.82, 2.24) is 5.32 Å². The molecule has 4 aliphatic rings. The van der Waals surface area contributed by atoms with E-state index in [0.29, 0.717) is 29.9 Å². The standard InChI is InChI=1S/C26H40N2O5S/c1-25-11-8-17(28-33-15-23(30)27-21(24(31)32)10-13-34-3)14-16(25)4-5-18-19-6-7-22(29)26(19,2)12-9-20(18)25/h14,18-22,29H,4-13,15H2,1-3H3,(H,27,30)(H,31,32)/b28-17-/t18-,19-,20-,21-,22+,25-,26-/m0/s1. The molecule has 0 spiro atoms. The summed E-state index contributed by atoms with van der Waals surface area (Å²) < 4.78 is 0. The number of carbonyl (C=O) groups is 2. The molecule has 0 aromatic heterocycles. The van der Waals surface area contributed by atoms with E-state index in [0.717, 1.165) is 44.2 Å². The van der Waals surface area contributed by atoms with Gasteiger partial charge in [0.25, 0.3) is 5.91 Å². The van der Waals surface area contributed by atoms with Crippen LogP contribution in [0.25, 0.3) is 0 Å². The summed E-state index contributed by atoms with van der Waals surface area (Å²) in [5.41, 5.74) is 2.61. The van der Waals surface area contributed by atoms with E-state index in [9.17, 15) is 19.8 Å². The summed E-state index contributed by atoms with van der Waals surface area (Å²) in [4.78, 5) is 28.8. The molecule has 0 radical (unpaired) electrons. The first-order valence-corrected chi connectivity index (χ1v) is 14.2. The SMILES string of the molecule is CSCC[C@H](NC(=O)CO/N=C1\C=C2CC[C@H]3[C@@H]4CC[C@@H](O)[C@@]4(C)CC[C@@H]3[C@@]2(C)CC1)C(=O)O. The minimum absolute atomic E-state index is 0.101. The average molecular weight is 493 g/mol. The lowest BCUT2D eigenvalue weighted by Gasteiger charge is -2.57. The number of nitrogens with one attached hydrogen (secondary N) is 1. The molecule has 3 N–H and O–H groups in total. The van der Waals surface area contributed by atoms with Gasteiger partial charge in [0.2, 0.25) is 0 Å². The Bertz CT molecular complexity index is 860. The molecule has 0 aromatic rings. The van der Waals surface area contributed by atoms with Gasteiger partial charge in [-0.15, -0.1) is 0 Å². The molecule has 4 rings (SSSR count). The highest BCUT2D eigenvalue weighted by Crippen LogP contribution is 2.65. The van der Waals surface area contributed by atoms with Crippen LogP contribution in [0.1, 0.15) is 71.6 Å². The first kappa shape index (κ1) is 25.5. The predicted molar refractivity (Wildman–Crippen MR) is 134 cm³/mol. The second-order valence-corrected chi connectivity index (χ2v) is 12.2. The van der Waals surface area contributed by atoms with E-state index in [4.69, 9.17) is 4.84 Å². The van der Waals surface area contributed by atoms with E-state index in [-0.39, 0.29) is 23.5 Å². The van der Waals surface area contributed by atoms with Gasteiger partial charge < -0.3 is 20.4 Å². The van der Waals surface area contributed by atoms with Crippen molar-refractivity contribution in [1.29, 1.82) is 0 Å². The fourth-order valence-electron chi connectivity index (χ4n) is 7.52. The van der Waals surface area contributed by atoms with Gasteiger partial charge in [0.15, 0.2) is 6.61 Å².